The predicted octanol–water partition coefficient (Wildman–Crippen LogP) is 3.42. The molecular weight excluding hydrogens is 290 g/mol. The van der Waals surface area contributed by atoms with Gasteiger partial charge in [-0.05, 0) is 39.6 Å². The molecule has 2 rings (SSSR count). The molecule has 0 unspecified atom stereocenters. The molecule has 1 saturated heterocycles. The Morgan fingerprint density at radius 2 is 1.75 bits per heavy atom. The van der Waals surface area contributed by atoms with Crippen molar-refractivity contribution < 1.29 is 22.5 Å². The lowest BCUT2D eigenvalue weighted by atomic mass is 9.75. The van der Waals surface area contributed by atoms with Gasteiger partial charge < -0.3 is 9.31 Å². The number of hydrogen-bond acceptors (Lipinski definition) is 4. The van der Waals surface area contributed by atoms with Gasteiger partial charge in [0.25, 0.3) is 0 Å². The van der Waals surface area contributed by atoms with E-state index in [-0.39, 0.29) is 18.5 Å². The molecule has 8 heteroatoms. The average Bonchev–Trinajstić information content (AvgIpc) is 2.47. The molecule has 0 radical (unpaired) electrons. The molecular formula is C12H19BF3NO2S. The normalized spacial score (nSPS) is 26.8. The summed E-state index contributed by atoms with van der Waals surface area (Å²) in [6.07, 6.45) is 2.31. The summed E-state index contributed by atoms with van der Waals surface area (Å²) in [5, 5.41) is 0. The molecule has 2 aliphatic rings. The fourth-order valence-electron chi connectivity index (χ4n) is 2.10. The Balaban J connectivity index is 1.97. The maximum Gasteiger partial charge on any atom is 0.490 e. The lowest BCUT2D eigenvalue weighted by Crippen LogP contribution is -2.41. The number of rotatable bonds is 2. The highest BCUT2D eigenvalue weighted by Gasteiger charge is 2.52. The summed E-state index contributed by atoms with van der Waals surface area (Å²) >= 11 is -0.0710. The van der Waals surface area contributed by atoms with Gasteiger partial charge in [0.05, 0.1) is 11.2 Å². The fourth-order valence-corrected chi connectivity index (χ4v) is 2.73. The van der Waals surface area contributed by atoms with Gasteiger partial charge in [-0.3, -0.25) is 0 Å². The molecule has 1 fully saturated rings. The van der Waals surface area contributed by atoms with Gasteiger partial charge >= 0.3 is 12.6 Å². The van der Waals surface area contributed by atoms with Crippen LogP contribution in [0.15, 0.2) is 11.5 Å². The van der Waals surface area contributed by atoms with E-state index in [0.29, 0.717) is 13.0 Å². The Hall–Kier alpha value is -0.175. The molecule has 0 atom stereocenters. The van der Waals surface area contributed by atoms with E-state index in [1.807, 2.05) is 27.7 Å². The van der Waals surface area contributed by atoms with Gasteiger partial charge in [-0.15, -0.1) is 0 Å². The molecule has 0 saturated carbocycles. The minimum atomic E-state index is -4.23. The summed E-state index contributed by atoms with van der Waals surface area (Å²) in [6, 6.07) is 0. The Bertz CT molecular complexity index is 396. The standard InChI is InChI=1S/C12H19BF3NO2S/c1-10(2)11(3,4)19-13(18-10)9-5-7-17(8-6-9)20-12(14,15)16/h5H,6-8H2,1-4H3. The minimum Gasteiger partial charge on any atom is -0.400 e. The van der Waals surface area contributed by atoms with Crippen molar-refractivity contribution in [3.05, 3.63) is 11.5 Å². The zero-order chi connectivity index (χ0) is 15.2. The van der Waals surface area contributed by atoms with Crippen LogP contribution >= 0.6 is 11.9 Å². The van der Waals surface area contributed by atoms with Crippen molar-refractivity contribution >= 4 is 19.1 Å². The van der Waals surface area contributed by atoms with Gasteiger partial charge in [0, 0.05) is 25.0 Å². The zero-order valence-electron chi connectivity index (χ0n) is 12.1. The van der Waals surface area contributed by atoms with Crippen LogP contribution < -0.4 is 0 Å². The van der Waals surface area contributed by atoms with Crippen molar-refractivity contribution in [2.75, 3.05) is 13.1 Å². The van der Waals surface area contributed by atoms with Crippen LogP contribution in [0.2, 0.25) is 0 Å². The molecule has 0 aromatic carbocycles. The summed E-state index contributed by atoms with van der Waals surface area (Å²) in [7, 11) is -0.446. The molecule has 0 bridgehead atoms. The van der Waals surface area contributed by atoms with Crippen molar-refractivity contribution in [2.24, 2.45) is 0 Å². The Morgan fingerprint density at radius 3 is 2.15 bits per heavy atom. The fraction of sp³-hybridized carbons (Fsp3) is 0.833. The third-order valence-corrected chi connectivity index (χ3v) is 4.79. The molecule has 20 heavy (non-hydrogen) atoms. The molecule has 0 aliphatic carbocycles. The first-order valence-corrected chi connectivity index (χ1v) is 7.33. The number of halogens is 3. The van der Waals surface area contributed by atoms with E-state index >= 15 is 0 Å². The molecule has 0 aromatic heterocycles. The molecule has 2 aliphatic heterocycles. The zero-order valence-corrected chi connectivity index (χ0v) is 12.9. The second kappa shape index (κ2) is 5.23. The smallest absolute Gasteiger partial charge is 0.400 e. The minimum absolute atomic E-state index is 0.0710. The third kappa shape index (κ3) is 3.53. The van der Waals surface area contributed by atoms with Gasteiger partial charge in [0.15, 0.2) is 0 Å². The van der Waals surface area contributed by atoms with Crippen molar-refractivity contribution in [3.8, 4) is 0 Å². The van der Waals surface area contributed by atoms with Crippen molar-refractivity contribution in [1.29, 1.82) is 0 Å². The van der Waals surface area contributed by atoms with E-state index in [2.05, 4.69) is 0 Å². The Kier molecular flexibility index (Phi) is 4.23. The number of hydrogen-bond donors (Lipinski definition) is 0. The first kappa shape index (κ1) is 16.2. The molecule has 114 valence electrons. The first-order chi connectivity index (χ1) is 9.00. The second-order valence-electron chi connectivity index (χ2n) is 6.04. The molecule has 2 heterocycles. The second-order valence-corrected chi connectivity index (χ2v) is 7.20. The van der Waals surface area contributed by atoms with E-state index in [9.17, 15) is 13.2 Å². The molecule has 0 spiro atoms. The van der Waals surface area contributed by atoms with Crippen molar-refractivity contribution in [3.63, 3.8) is 0 Å². The van der Waals surface area contributed by atoms with E-state index in [4.69, 9.17) is 9.31 Å². The number of nitrogens with zero attached hydrogens (tertiary/aromatic N) is 1. The summed E-state index contributed by atoms with van der Waals surface area (Å²) in [5.41, 5.74) is -4.13. The van der Waals surface area contributed by atoms with Crippen LogP contribution in [0.25, 0.3) is 0 Å². The van der Waals surface area contributed by atoms with Gasteiger partial charge in [-0.25, -0.2) is 4.31 Å². The third-order valence-electron chi connectivity index (χ3n) is 4.00. The summed E-state index contributed by atoms with van der Waals surface area (Å²) in [6.45, 7) is 8.44. The van der Waals surface area contributed by atoms with Crippen LogP contribution in [-0.4, -0.2) is 41.2 Å². The molecule has 0 amide bonds. The van der Waals surface area contributed by atoms with Gasteiger partial charge in [0.1, 0.15) is 0 Å². The van der Waals surface area contributed by atoms with Crippen LogP contribution in [0, 0.1) is 0 Å². The maximum atomic E-state index is 12.3. The van der Waals surface area contributed by atoms with E-state index < -0.39 is 23.8 Å². The lowest BCUT2D eigenvalue weighted by molar-refractivity contribution is -0.0361. The van der Waals surface area contributed by atoms with Gasteiger partial charge in [-0.1, -0.05) is 6.08 Å². The monoisotopic (exact) mass is 309 g/mol. The summed E-state index contributed by atoms with van der Waals surface area (Å²) < 4.78 is 50.0. The van der Waals surface area contributed by atoms with Crippen LogP contribution in [0.3, 0.4) is 0 Å². The predicted molar refractivity (Wildman–Crippen MR) is 74.0 cm³/mol. The molecule has 3 nitrogen and oxygen atoms in total. The largest absolute Gasteiger partial charge is 0.490 e. The van der Waals surface area contributed by atoms with E-state index in [1.165, 1.54) is 4.31 Å². The Morgan fingerprint density at radius 1 is 1.20 bits per heavy atom. The van der Waals surface area contributed by atoms with Crippen molar-refractivity contribution in [2.45, 2.75) is 50.8 Å². The SMILES string of the molecule is CC1(C)OB(C2=CCN(SC(F)(F)F)CC2)OC1(C)C. The Labute approximate surface area is 122 Å². The van der Waals surface area contributed by atoms with Crippen LogP contribution in [0.1, 0.15) is 34.1 Å². The van der Waals surface area contributed by atoms with Crippen molar-refractivity contribution in [1.82, 2.24) is 4.31 Å². The quantitative estimate of drug-likeness (QED) is 0.575. The van der Waals surface area contributed by atoms with E-state index in [1.54, 1.807) is 6.08 Å². The highest BCUT2D eigenvalue weighted by molar-refractivity contribution is 7.97. The topological polar surface area (TPSA) is 21.7 Å². The van der Waals surface area contributed by atoms with E-state index in [0.717, 1.165) is 5.47 Å². The lowest BCUT2D eigenvalue weighted by Gasteiger charge is -2.32. The summed E-state index contributed by atoms with van der Waals surface area (Å²) in [5.74, 6) is 0. The van der Waals surface area contributed by atoms with Gasteiger partial charge in [0.2, 0.25) is 0 Å². The van der Waals surface area contributed by atoms with Crippen LogP contribution in [-0.2, 0) is 9.31 Å². The highest BCUT2D eigenvalue weighted by Crippen LogP contribution is 2.40. The highest BCUT2D eigenvalue weighted by atomic mass is 32.2. The average molecular weight is 309 g/mol. The molecule has 0 N–H and O–H groups in total. The van der Waals surface area contributed by atoms with Crippen LogP contribution in [0.5, 0.6) is 0 Å². The van der Waals surface area contributed by atoms with Crippen LogP contribution in [0.4, 0.5) is 13.2 Å². The maximum absolute atomic E-state index is 12.3. The first-order valence-electron chi connectivity index (χ1n) is 6.55. The molecule has 0 aromatic rings. The van der Waals surface area contributed by atoms with Gasteiger partial charge in [-0.2, -0.15) is 13.2 Å². The summed E-state index contributed by atoms with van der Waals surface area (Å²) in [4.78, 5) is 0. The number of alkyl halides is 3.